The zero-order valence-electron chi connectivity index (χ0n) is 14.8. The van der Waals surface area contributed by atoms with Crippen molar-refractivity contribution in [1.29, 1.82) is 0 Å². The van der Waals surface area contributed by atoms with Crippen molar-refractivity contribution < 1.29 is 9.59 Å². The van der Waals surface area contributed by atoms with Crippen molar-refractivity contribution in [2.75, 3.05) is 10.6 Å². The Labute approximate surface area is 147 Å². The van der Waals surface area contributed by atoms with Gasteiger partial charge in [-0.2, -0.15) is 0 Å². The summed E-state index contributed by atoms with van der Waals surface area (Å²) in [5.74, 6) is -0.332. The van der Waals surface area contributed by atoms with Gasteiger partial charge in [-0.3, -0.25) is 9.59 Å². The van der Waals surface area contributed by atoms with Gasteiger partial charge in [-0.25, -0.2) is 0 Å². The van der Waals surface area contributed by atoms with Crippen molar-refractivity contribution in [2.24, 2.45) is 0 Å². The van der Waals surface area contributed by atoms with Crippen LogP contribution in [0.15, 0.2) is 36.4 Å². The smallest absolute Gasteiger partial charge is 0.247 e. The number of hydrogen-bond acceptors (Lipinski definition) is 3. The van der Waals surface area contributed by atoms with Crippen LogP contribution in [-0.2, 0) is 16.1 Å². The molecular weight excluding hydrogens is 314 g/mol. The first-order valence-electron chi connectivity index (χ1n) is 8.43. The molecule has 2 aromatic carbocycles. The maximum Gasteiger partial charge on any atom is 0.247 e. The first kappa shape index (κ1) is 17.0. The first-order chi connectivity index (χ1) is 11.9. The topological polar surface area (TPSA) is 70.2 Å². The Hall–Kier alpha value is -2.82. The predicted octanol–water partition coefficient (Wildman–Crippen LogP) is 3.05. The molecule has 1 atom stereocenters. The molecule has 0 saturated heterocycles. The molecule has 0 aliphatic carbocycles. The summed E-state index contributed by atoms with van der Waals surface area (Å²) in [5.41, 5.74) is 6.11. The van der Waals surface area contributed by atoms with Crippen molar-refractivity contribution >= 4 is 23.2 Å². The van der Waals surface area contributed by atoms with Gasteiger partial charge in [-0.15, -0.1) is 0 Å². The van der Waals surface area contributed by atoms with E-state index in [-0.39, 0.29) is 18.2 Å². The van der Waals surface area contributed by atoms with E-state index >= 15 is 0 Å². The lowest BCUT2D eigenvalue weighted by molar-refractivity contribution is -0.125. The highest BCUT2D eigenvalue weighted by Crippen LogP contribution is 2.30. The second-order valence-electron chi connectivity index (χ2n) is 6.63. The van der Waals surface area contributed by atoms with Gasteiger partial charge in [-0.1, -0.05) is 29.8 Å². The summed E-state index contributed by atoms with van der Waals surface area (Å²) in [5, 5.41) is 8.93. The first-order valence-corrected chi connectivity index (χ1v) is 8.43. The molecule has 0 aromatic heterocycles. The maximum absolute atomic E-state index is 12.2. The highest BCUT2D eigenvalue weighted by Gasteiger charge is 2.27. The van der Waals surface area contributed by atoms with Gasteiger partial charge < -0.3 is 16.0 Å². The summed E-state index contributed by atoms with van der Waals surface area (Å²) in [6, 6.07) is 11.4. The number of rotatable bonds is 4. The van der Waals surface area contributed by atoms with E-state index in [1.807, 2.05) is 57.2 Å². The van der Waals surface area contributed by atoms with Gasteiger partial charge in [0.15, 0.2) is 0 Å². The molecule has 2 aromatic rings. The Morgan fingerprint density at radius 3 is 2.36 bits per heavy atom. The van der Waals surface area contributed by atoms with Crippen molar-refractivity contribution in [3.8, 4) is 0 Å². The van der Waals surface area contributed by atoms with Crippen LogP contribution in [0.5, 0.6) is 0 Å². The summed E-state index contributed by atoms with van der Waals surface area (Å²) < 4.78 is 0. The predicted molar refractivity (Wildman–Crippen MR) is 99.6 cm³/mol. The third-order valence-electron chi connectivity index (χ3n) is 4.54. The highest BCUT2D eigenvalue weighted by molar-refractivity contribution is 6.05. The minimum absolute atomic E-state index is 0.101. The number of benzene rings is 2. The lowest BCUT2D eigenvalue weighted by atomic mass is 10.0. The largest absolute Gasteiger partial charge is 0.372 e. The van der Waals surface area contributed by atoms with E-state index in [9.17, 15) is 9.59 Å². The van der Waals surface area contributed by atoms with Crippen LogP contribution >= 0.6 is 0 Å². The molecule has 1 heterocycles. The van der Waals surface area contributed by atoms with E-state index in [2.05, 4.69) is 16.0 Å². The molecule has 1 aliphatic rings. The molecule has 3 N–H and O–H groups in total. The van der Waals surface area contributed by atoms with Crippen molar-refractivity contribution in [2.45, 2.75) is 39.8 Å². The Morgan fingerprint density at radius 1 is 1.04 bits per heavy atom. The van der Waals surface area contributed by atoms with Gasteiger partial charge >= 0.3 is 0 Å². The Kier molecular flexibility index (Phi) is 4.74. The molecule has 0 bridgehead atoms. The second kappa shape index (κ2) is 6.97. The lowest BCUT2D eigenvalue weighted by Crippen LogP contribution is -2.42. The standard InChI is InChI=1S/C20H23N3O2/c1-12-4-6-15(7-5-12)11-21-19(24)10-18-20(25)23-17-9-14(3)13(2)8-16(17)22-18/h4-9,18,22H,10-11H2,1-3H3,(H,21,24)(H,23,25). The van der Waals surface area contributed by atoms with Crippen LogP contribution in [0.4, 0.5) is 11.4 Å². The number of nitrogens with one attached hydrogen (secondary N) is 3. The summed E-state index contributed by atoms with van der Waals surface area (Å²) >= 11 is 0. The zero-order valence-corrected chi connectivity index (χ0v) is 14.8. The summed E-state index contributed by atoms with van der Waals surface area (Å²) in [4.78, 5) is 24.4. The average molecular weight is 337 g/mol. The summed E-state index contributed by atoms with van der Waals surface area (Å²) in [6.45, 7) is 6.52. The number of hydrogen-bond donors (Lipinski definition) is 3. The minimum atomic E-state index is -0.562. The van der Waals surface area contributed by atoms with E-state index in [1.54, 1.807) is 0 Å². The van der Waals surface area contributed by atoms with Crippen LogP contribution in [0.1, 0.15) is 28.7 Å². The molecule has 3 rings (SSSR count). The van der Waals surface area contributed by atoms with Crippen LogP contribution in [0.3, 0.4) is 0 Å². The highest BCUT2D eigenvalue weighted by atomic mass is 16.2. The summed E-state index contributed by atoms with van der Waals surface area (Å²) in [6.07, 6.45) is 0.101. The molecule has 130 valence electrons. The third-order valence-corrected chi connectivity index (χ3v) is 4.54. The molecule has 25 heavy (non-hydrogen) atoms. The van der Waals surface area contributed by atoms with Crippen LogP contribution < -0.4 is 16.0 Å². The quantitative estimate of drug-likeness (QED) is 0.803. The zero-order chi connectivity index (χ0) is 18.0. The molecular formula is C20H23N3O2. The monoisotopic (exact) mass is 337 g/mol. The van der Waals surface area contributed by atoms with Crippen LogP contribution in [0.2, 0.25) is 0 Å². The Bertz CT molecular complexity index is 812. The fourth-order valence-electron chi connectivity index (χ4n) is 2.82. The summed E-state index contributed by atoms with van der Waals surface area (Å²) in [7, 11) is 0. The molecule has 5 heteroatoms. The average Bonchev–Trinajstić information content (AvgIpc) is 2.57. The van der Waals surface area contributed by atoms with Crippen molar-refractivity contribution in [1.82, 2.24) is 5.32 Å². The van der Waals surface area contributed by atoms with Gasteiger partial charge in [0.05, 0.1) is 17.8 Å². The number of aryl methyl sites for hydroxylation is 3. The molecule has 0 saturated carbocycles. The Morgan fingerprint density at radius 2 is 1.68 bits per heavy atom. The molecule has 0 fully saturated rings. The third kappa shape index (κ3) is 3.99. The molecule has 0 radical (unpaired) electrons. The van der Waals surface area contributed by atoms with E-state index in [1.165, 1.54) is 5.56 Å². The number of carbonyl (C=O) groups is 2. The van der Waals surface area contributed by atoms with Crippen molar-refractivity contribution in [3.05, 3.63) is 58.7 Å². The van der Waals surface area contributed by atoms with E-state index in [4.69, 9.17) is 0 Å². The van der Waals surface area contributed by atoms with E-state index in [0.717, 1.165) is 28.1 Å². The molecule has 5 nitrogen and oxygen atoms in total. The molecule has 0 spiro atoms. The minimum Gasteiger partial charge on any atom is -0.372 e. The van der Waals surface area contributed by atoms with Crippen LogP contribution in [0, 0.1) is 20.8 Å². The fraction of sp³-hybridized carbons (Fsp3) is 0.300. The number of anilines is 2. The van der Waals surface area contributed by atoms with Crippen LogP contribution in [0.25, 0.3) is 0 Å². The van der Waals surface area contributed by atoms with Gasteiger partial charge in [0.1, 0.15) is 6.04 Å². The maximum atomic E-state index is 12.2. The van der Waals surface area contributed by atoms with Gasteiger partial charge in [-0.05, 0) is 49.6 Å². The number of amides is 2. The molecule has 1 aliphatic heterocycles. The number of fused-ring (bicyclic) bond motifs is 1. The molecule has 1 unspecified atom stereocenters. The second-order valence-corrected chi connectivity index (χ2v) is 6.63. The van der Waals surface area contributed by atoms with Crippen molar-refractivity contribution in [3.63, 3.8) is 0 Å². The number of carbonyl (C=O) groups excluding carboxylic acids is 2. The Balaban J connectivity index is 1.60. The normalized spacial score (nSPS) is 15.8. The van der Waals surface area contributed by atoms with Gasteiger partial charge in [0, 0.05) is 6.54 Å². The fourth-order valence-corrected chi connectivity index (χ4v) is 2.82. The SMILES string of the molecule is Cc1ccc(CNC(=O)CC2Nc3cc(C)c(C)cc3NC2=O)cc1. The lowest BCUT2D eigenvalue weighted by Gasteiger charge is -2.27. The van der Waals surface area contributed by atoms with Gasteiger partial charge in [0.25, 0.3) is 0 Å². The van der Waals surface area contributed by atoms with E-state index < -0.39 is 6.04 Å². The van der Waals surface area contributed by atoms with Crippen LogP contribution in [-0.4, -0.2) is 17.9 Å². The molecule has 2 amide bonds. The van der Waals surface area contributed by atoms with Gasteiger partial charge in [0.2, 0.25) is 11.8 Å². The van der Waals surface area contributed by atoms with E-state index in [0.29, 0.717) is 6.54 Å².